The summed E-state index contributed by atoms with van der Waals surface area (Å²) in [5, 5.41) is 2.80. The molecule has 0 aliphatic heterocycles. The van der Waals surface area contributed by atoms with Gasteiger partial charge in [0.1, 0.15) is 13.3 Å². The summed E-state index contributed by atoms with van der Waals surface area (Å²) in [6, 6.07) is 16.6. The van der Waals surface area contributed by atoms with Gasteiger partial charge in [0.15, 0.2) is 0 Å². The molecule has 0 saturated heterocycles. The van der Waals surface area contributed by atoms with E-state index >= 15 is 0 Å². The van der Waals surface area contributed by atoms with Gasteiger partial charge in [-0.1, -0.05) is 48.5 Å². The summed E-state index contributed by atoms with van der Waals surface area (Å²) >= 11 is 0. The van der Waals surface area contributed by atoms with Gasteiger partial charge in [-0.2, -0.15) is 0 Å². The predicted molar refractivity (Wildman–Crippen MR) is 224 cm³/mol. The van der Waals surface area contributed by atoms with Crippen LogP contribution in [0.4, 0.5) is 9.18 Å². The number of carbonyl (C=O) groups excluding carboxylic acids is 1. The van der Waals surface area contributed by atoms with Gasteiger partial charge in [-0.3, -0.25) is 0 Å². The minimum atomic E-state index is -0.480. The van der Waals surface area contributed by atoms with Gasteiger partial charge in [-0.15, -0.1) is 0 Å². The standard InChI is InChI=1S/C44H70FNO15/c45-10-13-49-15-17-51-19-21-53-23-25-55-27-29-57-31-33-59-35-37-60-36-34-58-32-30-56-28-26-54-24-22-52-20-18-50-16-14-48-12-5-11-46-44(47)61-38-43-41-8-3-1-6-39(41)40-7-2-4-9-42(40)43/h1-4,6-9,43H,5,10-38H2,(H,46,47). The van der Waals surface area contributed by atoms with Crippen molar-refractivity contribution in [3.8, 4) is 11.1 Å². The summed E-state index contributed by atoms with van der Waals surface area (Å²) in [5.41, 5.74) is 4.79. The van der Waals surface area contributed by atoms with Crippen molar-refractivity contribution in [3.05, 3.63) is 59.7 Å². The number of rotatable bonds is 44. The molecule has 2 aromatic carbocycles. The number of fused-ring (bicyclic) bond motifs is 3. The lowest BCUT2D eigenvalue weighted by Crippen LogP contribution is -2.27. The third-order valence-corrected chi connectivity index (χ3v) is 8.76. The Morgan fingerprint density at radius 1 is 0.410 bits per heavy atom. The first kappa shape index (κ1) is 52.5. The molecule has 0 spiro atoms. The maximum absolute atomic E-state index is 12.3. The summed E-state index contributed by atoms with van der Waals surface area (Å²) in [7, 11) is 0. The van der Waals surface area contributed by atoms with Gasteiger partial charge in [0.2, 0.25) is 0 Å². The van der Waals surface area contributed by atoms with Crippen LogP contribution in [0.5, 0.6) is 0 Å². The molecule has 61 heavy (non-hydrogen) atoms. The van der Waals surface area contributed by atoms with Crippen molar-refractivity contribution in [2.24, 2.45) is 0 Å². The van der Waals surface area contributed by atoms with Gasteiger partial charge in [0.05, 0.1) is 165 Å². The van der Waals surface area contributed by atoms with Crippen LogP contribution in [-0.4, -0.2) is 198 Å². The molecule has 0 aromatic heterocycles. The topological polar surface area (TPSA) is 158 Å². The highest BCUT2D eigenvalue weighted by molar-refractivity contribution is 5.79. The normalized spacial score (nSPS) is 12.2. The molecule has 0 fully saturated rings. The van der Waals surface area contributed by atoms with E-state index in [4.69, 9.17) is 66.3 Å². The van der Waals surface area contributed by atoms with Crippen LogP contribution < -0.4 is 5.32 Å². The van der Waals surface area contributed by atoms with Crippen LogP contribution in [0.25, 0.3) is 11.1 Å². The number of nitrogens with one attached hydrogen (secondary N) is 1. The minimum absolute atomic E-state index is 0.0448. The van der Waals surface area contributed by atoms with E-state index in [0.29, 0.717) is 185 Å². The maximum Gasteiger partial charge on any atom is 0.407 e. The van der Waals surface area contributed by atoms with Gasteiger partial charge in [0.25, 0.3) is 0 Å². The number of carbonyl (C=O) groups is 1. The number of hydrogen-bond donors (Lipinski definition) is 1. The van der Waals surface area contributed by atoms with Crippen LogP contribution in [0.3, 0.4) is 0 Å². The van der Waals surface area contributed by atoms with Crippen molar-refractivity contribution in [1.29, 1.82) is 0 Å². The second kappa shape index (κ2) is 38.8. The first-order valence-corrected chi connectivity index (χ1v) is 21.5. The van der Waals surface area contributed by atoms with Crippen LogP contribution in [0.1, 0.15) is 23.5 Å². The lowest BCUT2D eigenvalue weighted by Gasteiger charge is -2.14. The molecule has 0 atom stereocenters. The summed E-state index contributed by atoms with van der Waals surface area (Å²) in [6.07, 6.45) is 0.260. The highest BCUT2D eigenvalue weighted by atomic mass is 19.1. The Morgan fingerprint density at radius 3 is 1.00 bits per heavy atom. The smallest absolute Gasteiger partial charge is 0.407 e. The minimum Gasteiger partial charge on any atom is -0.449 e. The molecule has 348 valence electrons. The van der Waals surface area contributed by atoms with Crippen LogP contribution in [-0.2, 0) is 66.3 Å². The maximum atomic E-state index is 12.3. The van der Waals surface area contributed by atoms with Crippen molar-refractivity contribution in [1.82, 2.24) is 5.32 Å². The third kappa shape index (κ3) is 27.0. The average Bonchev–Trinajstić information content (AvgIpc) is 3.60. The van der Waals surface area contributed by atoms with Gasteiger partial charge in [-0.25, -0.2) is 9.18 Å². The quantitative estimate of drug-likeness (QED) is 0.0949. The molecule has 17 heteroatoms. The first-order chi connectivity index (χ1) is 30.3. The van der Waals surface area contributed by atoms with Gasteiger partial charge < -0.3 is 71.6 Å². The average molecular weight is 872 g/mol. The highest BCUT2D eigenvalue weighted by Crippen LogP contribution is 2.44. The predicted octanol–water partition coefficient (Wildman–Crippen LogP) is 4.10. The number of halogens is 1. The number of benzene rings is 2. The van der Waals surface area contributed by atoms with E-state index in [0.717, 1.165) is 0 Å². The Morgan fingerprint density at radius 2 is 0.689 bits per heavy atom. The van der Waals surface area contributed by atoms with Crippen LogP contribution in [0, 0.1) is 0 Å². The summed E-state index contributed by atoms with van der Waals surface area (Å²) in [5.74, 6) is 0.0448. The van der Waals surface area contributed by atoms with E-state index in [1.807, 2.05) is 24.3 Å². The summed E-state index contributed by atoms with van der Waals surface area (Å²) in [6.45, 7) is 12.3. The van der Waals surface area contributed by atoms with Crippen molar-refractivity contribution in [2.75, 3.05) is 192 Å². The Kier molecular flexibility index (Phi) is 33.3. The number of amides is 1. The van der Waals surface area contributed by atoms with Crippen molar-refractivity contribution in [3.63, 3.8) is 0 Å². The molecule has 0 bridgehead atoms. The Hall–Kier alpha value is -2.88. The molecule has 1 aliphatic rings. The van der Waals surface area contributed by atoms with Crippen molar-refractivity contribution < 1.29 is 75.5 Å². The molecule has 1 aliphatic carbocycles. The molecule has 0 unspecified atom stereocenters. The zero-order valence-corrected chi connectivity index (χ0v) is 35.9. The molecule has 1 amide bonds. The van der Waals surface area contributed by atoms with Crippen molar-refractivity contribution >= 4 is 6.09 Å². The molecule has 0 radical (unpaired) electrons. The van der Waals surface area contributed by atoms with Crippen molar-refractivity contribution in [2.45, 2.75) is 12.3 Å². The van der Waals surface area contributed by atoms with E-state index < -0.39 is 12.8 Å². The lowest BCUT2D eigenvalue weighted by molar-refractivity contribution is -0.0291. The number of alkyl halides is 1. The molecule has 2 aromatic rings. The zero-order chi connectivity index (χ0) is 42.9. The lowest BCUT2D eigenvalue weighted by atomic mass is 9.98. The number of alkyl carbamates (subject to hydrolysis) is 1. The van der Waals surface area contributed by atoms with E-state index in [1.165, 1.54) is 22.3 Å². The Labute approximate surface area is 361 Å². The highest BCUT2D eigenvalue weighted by Gasteiger charge is 2.29. The fourth-order valence-electron chi connectivity index (χ4n) is 5.81. The van der Waals surface area contributed by atoms with E-state index in [1.54, 1.807) is 0 Å². The first-order valence-electron chi connectivity index (χ1n) is 21.5. The van der Waals surface area contributed by atoms with Gasteiger partial charge in [-0.05, 0) is 28.7 Å². The fraction of sp³-hybridized carbons (Fsp3) is 0.705. The molecule has 16 nitrogen and oxygen atoms in total. The zero-order valence-electron chi connectivity index (χ0n) is 35.9. The molecule has 0 saturated carbocycles. The van der Waals surface area contributed by atoms with Gasteiger partial charge in [0, 0.05) is 19.1 Å². The Balaban J connectivity index is 0.915. The number of hydrogen-bond acceptors (Lipinski definition) is 15. The summed E-state index contributed by atoms with van der Waals surface area (Å²) < 4.78 is 88.1. The molecule has 3 rings (SSSR count). The SMILES string of the molecule is O=C(NCCCOCCOCCOCCOCCOCCOCCOCCOCCOCCOCCOCCOCCOCCF)OCC1c2ccccc2-c2ccccc21. The second-order valence-corrected chi connectivity index (χ2v) is 13.3. The summed E-state index contributed by atoms with van der Waals surface area (Å²) in [4.78, 5) is 12.3. The molecule has 0 heterocycles. The van der Waals surface area contributed by atoms with E-state index in [2.05, 4.69) is 29.6 Å². The van der Waals surface area contributed by atoms with Crippen LogP contribution >= 0.6 is 0 Å². The van der Waals surface area contributed by atoms with E-state index in [-0.39, 0.29) is 12.5 Å². The van der Waals surface area contributed by atoms with Crippen LogP contribution in [0.15, 0.2) is 48.5 Å². The molecule has 1 N–H and O–H groups in total. The Bertz CT molecular complexity index is 1270. The van der Waals surface area contributed by atoms with Gasteiger partial charge >= 0.3 is 6.09 Å². The monoisotopic (exact) mass is 871 g/mol. The number of ether oxygens (including phenoxy) is 14. The fourth-order valence-corrected chi connectivity index (χ4v) is 5.81. The largest absolute Gasteiger partial charge is 0.449 e. The third-order valence-electron chi connectivity index (χ3n) is 8.76. The van der Waals surface area contributed by atoms with E-state index in [9.17, 15) is 9.18 Å². The molecular weight excluding hydrogens is 801 g/mol. The molecular formula is C44H70FNO15. The van der Waals surface area contributed by atoms with Crippen LogP contribution in [0.2, 0.25) is 0 Å². The second-order valence-electron chi connectivity index (χ2n) is 13.3.